The molecule has 1 aliphatic rings. The third-order valence-electron chi connectivity index (χ3n) is 5.26. The fraction of sp³-hybridized carbons (Fsp3) is 0.579. The number of carbonyl (C=O) groups is 2. The normalized spacial score (nSPS) is 16.6. The summed E-state index contributed by atoms with van der Waals surface area (Å²) in [6.07, 6.45) is 4.15. The Morgan fingerprint density at radius 1 is 1.15 bits per heavy atom. The minimum atomic E-state index is -1.68. The first-order chi connectivity index (χ1) is 13.0. The van der Waals surface area contributed by atoms with E-state index in [1.165, 1.54) is 0 Å². The maximum Gasteiger partial charge on any atom is 0.475 e. The van der Waals surface area contributed by atoms with E-state index in [2.05, 4.69) is 10.6 Å². The van der Waals surface area contributed by atoms with Crippen molar-refractivity contribution < 1.29 is 19.6 Å². The second-order valence-corrected chi connectivity index (χ2v) is 7.21. The van der Waals surface area contributed by atoms with Gasteiger partial charge in [-0.3, -0.25) is 9.59 Å². The van der Waals surface area contributed by atoms with Gasteiger partial charge in [0.2, 0.25) is 11.8 Å². The van der Waals surface area contributed by atoms with Gasteiger partial charge in [0, 0.05) is 6.54 Å². The molecule has 0 saturated heterocycles. The number of hydrogen-bond donors (Lipinski definition) is 5. The molecule has 1 aliphatic carbocycles. The Morgan fingerprint density at radius 3 is 2.41 bits per heavy atom. The maximum atomic E-state index is 12.9. The van der Waals surface area contributed by atoms with Crippen molar-refractivity contribution in [3.63, 3.8) is 0 Å². The molecule has 2 amide bonds. The lowest BCUT2D eigenvalue weighted by molar-refractivity contribution is -0.143. The minimum absolute atomic E-state index is 0.279. The molecule has 1 atom stereocenters. The van der Waals surface area contributed by atoms with Gasteiger partial charge >= 0.3 is 7.12 Å². The summed E-state index contributed by atoms with van der Waals surface area (Å²) in [4.78, 5) is 25.7. The molecule has 6 N–H and O–H groups in total. The Kier molecular flexibility index (Phi) is 8.28. The van der Waals surface area contributed by atoms with Gasteiger partial charge in [-0.15, -0.1) is 0 Å². The lowest BCUT2D eigenvalue weighted by Gasteiger charge is -2.29. The highest BCUT2D eigenvalue weighted by Gasteiger charge is 2.48. The van der Waals surface area contributed by atoms with Crippen LogP contribution in [0.3, 0.4) is 0 Å². The number of carbonyl (C=O) groups excluding carboxylic acids is 2. The van der Waals surface area contributed by atoms with E-state index in [9.17, 15) is 19.6 Å². The summed E-state index contributed by atoms with van der Waals surface area (Å²) in [5.41, 5.74) is 5.45. The Bertz CT molecular complexity index is 606. The smallest absolute Gasteiger partial charge is 0.426 e. The predicted molar refractivity (Wildman–Crippen MR) is 104 cm³/mol. The molecule has 1 aromatic rings. The molecule has 1 unspecified atom stereocenters. The van der Waals surface area contributed by atoms with Gasteiger partial charge in [0.25, 0.3) is 0 Å². The van der Waals surface area contributed by atoms with Crippen LogP contribution in [-0.4, -0.2) is 48.0 Å². The SMILES string of the molecule is NCCCC(NC(=O)C1(C(=O)NCCc2ccccc2)CCCC1)B(O)O. The number of nitrogens with two attached hydrogens (primary N) is 1. The van der Waals surface area contributed by atoms with Gasteiger partial charge in [0.1, 0.15) is 5.41 Å². The zero-order chi connectivity index (χ0) is 19.7. The van der Waals surface area contributed by atoms with Crippen LogP contribution in [0.15, 0.2) is 30.3 Å². The number of amides is 2. The molecular weight excluding hydrogens is 345 g/mol. The molecule has 0 heterocycles. The van der Waals surface area contributed by atoms with E-state index in [1.54, 1.807) is 0 Å². The lowest BCUT2D eigenvalue weighted by Crippen LogP contribution is -2.56. The Hall–Kier alpha value is -1.90. The first-order valence-corrected chi connectivity index (χ1v) is 9.69. The number of nitrogens with one attached hydrogen (secondary N) is 2. The van der Waals surface area contributed by atoms with Gasteiger partial charge in [-0.05, 0) is 44.2 Å². The highest BCUT2D eigenvalue weighted by Crippen LogP contribution is 2.38. The molecule has 0 aromatic heterocycles. The van der Waals surface area contributed by atoms with Crippen LogP contribution >= 0.6 is 0 Å². The van der Waals surface area contributed by atoms with Crippen molar-refractivity contribution in [2.24, 2.45) is 11.1 Å². The van der Waals surface area contributed by atoms with Gasteiger partial charge in [-0.1, -0.05) is 43.2 Å². The average Bonchev–Trinajstić information content (AvgIpc) is 3.17. The van der Waals surface area contributed by atoms with Crippen LogP contribution in [0.2, 0.25) is 0 Å². The number of rotatable bonds is 10. The first kappa shape index (κ1) is 21.4. The second-order valence-electron chi connectivity index (χ2n) is 7.21. The summed E-state index contributed by atoms with van der Waals surface area (Å²) >= 11 is 0. The molecule has 148 valence electrons. The van der Waals surface area contributed by atoms with Crippen molar-refractivity contribution in [3.8, 4) is 0 Å². The van der Waals surface area contributed by atoms with Crippen LogP contribution in [0.1, 0.15) is 44.1 Å². The first-order valence-electron chi connectivity index (χ1n) is 9.69. The predicted octanol–water partition coefficient (Wildman–Crippen LogP) is 0.141. The quantitative estimate of drug-likeness (QED) is 0.294. The van der Waals surface area contributed by atoms with E-state index < -0.39 is 24.4 Å². The van der Waals surface area contributed by atoms with Crippen LogP contribution in [0, 0.1) is 5.41 Å². The van der Waals surface area contributed by atoms with Crippen LogP contribution in [0.4, 0.5) is 0 Å². The summed E-state index contributed by atoms with van der Waals surface area (Å²) in [6, 6.07) is 9.83. The van der Waals surface area contributed by atoms with E-state index >= 15 is 0 Å². The molecule has 1 saturated carbocycles. The summed E-state index contributed by atoms with van der Waals surface area (Å²) < 4.78 is 0. The van der Waals surface area contributed by atoms with Crippen LogP contribution in [0.25, 0.3) is 0 Å². The molecule has 0 aliphatic heterocycles. The minimum Gasteiger partial charge on any atom is -0.426 e. The Morgan fingerprint density at radius 2 is 1.81 bits per heavy atom. The van der Waals surface area contributed by atoms with Crippen LogP contribution in [-0.2, 0) is 16.0 Å². The number of benzene rings is 1. The number of hydrogen-bond acceptors (Lipinski definition) is 5. The van der Waals surface area contributed by atoms with Gasteiger partial charge < -0.3 is 26.4 Å². The van der Waals surface area contributed by atoms with Gasteiger partial charge in [0.05, 0.1) is 5.94 Å². The maximum absolute atomic E-state index is 12.9. The zero-order valence-electron chi connectivity index (χ0n) is 15.7. The summed E-state index contributed by atoms with van der Waals surface area (Å²) in [5.74, 6) is -1.53. The van der Waals surface area contributed by atoms with Crippen molar-refractivity contribution in [3.05, 3.63) is 35.9 Å². The zero-order valence-corrected chi connectivity index (χ0v) is 15.7. The largest absolute Gasteiger partial charge is 0.475 e. The van der Waals surface area contributed by atoms with E-state index in [1.807, 2.05) is 30.3 Å². The fourth-order valence-corrected chi connectivity index (χ4v) is 3.61. The molecule has 7 nitrogen and oxygen atoms in total. The van der Waals surface area contributed by atoms with Crippen molar-refractivity contribution in [1.29, 1.82) is 0 Å². The van der Waals surface area contributed by atoms with E-state index in [0.29, 0.717) is 45.2 Å². The molecule has 1 fully saturated rings. The van der Waals surface area contributed by atoms with Gasteiger partial charge in [0.15, 0.2) is 0 Å². The van der Waals surface area contributed by atoms with Crippen molar-refractivity contribution >= 4 is 18.9 Å². The summed E-state index contributed by atoms with van der Waals surface area (Å²) in [7, 11) is -1.68. The van der Waals surface area contributed by atoms with Crippen molar-refractivity contribution in [2.75, 3.05) is 13.1 Å². The topological polar surface area (TPSA) is 125 Å². The monoisotopic (exact) mass is 375 g/mol. The summed E-state index contributed by atoms with van der Waals surface area (Å²) in [6.45, 7) is 0.849. The molecule has 0 radical (unpaired) electrons. The molecule has 0 bridgehead atoms. The standard InChI is InChI=1S/C19H30BN3O4/c21-13-6-9-16(20(26)27)23-18(25)19(11-4-5-12-19)17(24)22-14-10-15-7-2-1-3-8-15/h1-3,7-8,16,26-27H,4-6,9-14,21H2,(H,22,24)(H,23,25). The molecular formula is C19H30BN3O4. The molecule has 27 heavy (non-hydrogen) atoms. The molecule has 8 heteroatoms. The van der Waals surface area contributed by atoms with Crippen molar-refractivity contribution in [2.45, 2.75) is 50.9 Å². The van der Waals surface area contributed by atoms with Gasteiger partial charge in [-0.25, -0.2) is 0 Å². The average molecular weight is 375 g/mol. The van der Waals surface area contributed by atoms with E-state index in [4.69, 9.17) is 5.73 Å². The highest BCUT2D eigenvalue weighted by atomic mass is 16.4. The van der Waals surface area contributed by atoms with Crippen LogP contribution < -0.4 is 16.4 Å². The van der Waals surface area contributed by atoms with E-state index in [-0.39, 0.29) is 5.91 Å². The Balaban J connectivity index is 1.97. The fourth-order valence-electron chi connectivity index (χ4n) is 3.61. The highest BCUT2D eigenvalue weighted by molar-refractivity contribution is 6.43. The van der Waals surface area contributed by atoms with Crippen molar-refractivity contribution in [1.82, 2.24) is 10.6 Å². The third kappa shape index (κ3) is 5.79. The van der Waals surface area contributed by atoms with Crippen LogP contribution in [0.5, 0.6) is 0 Å². The molecule has 0 spiro atoms. The Labute approximate surface area is 160 Å². The van der Waals surface area contributed by atoms with E-state index in [0.717, 1.165) is 18.4 Å². The molecule has 2 rings (SSSR count). The molecule has 1 aromatic carbocycles. The lowest BCUT2D eigenvalue weighted by atomic mass is 9.75. The second kappa shape index (κ2) is 10.4. The van der Waals surface area contributed by atoms with Gasteiger partial charge in [-0.2, -0.15) is 0 Å². The third-order valence-corrected chi connectivity index (χ3v) is 5.26. The summed E-state index contributed by atoms with van der Waals surface area (Å²) in [5, 5.41) is 24.6.